The number of para-hydroxylation sites is 2. The van der Waals surface area contributed by atoms with E-state index in [1.54, 1.807) is 67.6 Å². The number of fused-ring (bicyclic) bond motifs is 1. The Hall–Kier alpha value is -3.52. The first-order valence-electron chi connectivity index (χ1n) is 9.38. The van der Waals surface area contributed by atoms with Gasteiger partial charge < -0.3 is 5.32 Å². The van der Waals surface area contributed by atoms with Crippen LogP contribution in [0.4, 0.5) is 14.5 Å². The number of carbonyl (C=O) groups is 1. The average Bonchev–Trinajstić information content (AvgIpc) is 2.75. The van der Waals surface area contributed by atoms with Crippen molar-refractivity contribution in [3.63, 3.8) is 0 Å². The van der Waals surface area contributed by atoms with Crippen LogP contribution in [0.25, 0.3) is 16.6 Å². The van der Waals surface area contributed by atoms with E-state index in [0.717, 1.165) is 0 Å². The molecule has 5 nitrogen and oxygen atoms in total. The molecule has 156 valence electrons. The second-order valence-electron chi connectivity index (χ2n) is 6.69. The minimum Gasteiger partial charge on any atom is -0.321 e. The molecule has 8 heteroatoms. The van der Waals surface area contributed by atoms with Gasteiger partial charge >= 0.3 is 0 Å². The second-order valence-corrected chi connectivity index (χ2v) is 7.72. The third-order valence-corrected chi connectivity index (χ3v) is 5.47. The molecule has 0 saturated heterocycles. The van der Waals surface area contributed by atoms with E-state index in [9.17, 15) is 18.4 Å². The third kappa shape index (κ3) is 4.34. The van der Waals surface area contributed by atoms with Crippen molar-refractivity contribution in [1.82, 2.24) is 9.55 Å². The summed E-state index contributed by atoms with van der Waals surface area (Å²) < 4.78 is 27.0. The number of rotatable bonds is 5. The molecule has 4 rings (SSSR count). The Labute approximate surface area is 180 Å². The van der Waals surface area contributed by atoms with Gasteiger partial charge in [-0.3, -0.25) is 14.2 Å². The van der Waals surface area contributed by atoms with Gasteiger partial charge in [0.2, 0.25) is 0 Å². The van der Waals surface area contributed by atoms with Gasteiger partial charge in [0.05, 0.1) is 22.3 Å². The van der Waals surface area contributed by atoms with E-state index in [1.165, 1.54) is 10.6 Å². The highest BCUT2D eigenvalue weighted by Gasteiger charge is 2.14. The molecule has 0 unspecified atom stereocenters. The lowest BCUT2D eigenvalue weighted by Crippen LogP contribution is -2.22. The van der Waals surface area contributed by atoms with Crippen molar-refractivity contribution in [2.75, 3.05) is 5.32 Å². The van der Waals surface area contributed by atoms with Gasteiger partial charge in [-0.05, 0) is 55.5 Å². The molecule has 0 aliphatic rings. The Morgan fingerprint density at radius 1 is 1.00 bits per heavy atom. The zero-order valence-electron chi connectivity index (χ0n) is 16.4. The van der Waals surface area contributed by atoms with Crippen LogP contribution in [0.5, 0.6) is 0 Å². The van der Waals surface area contributed by atoms with Crippen molar-refractivity contribution in [3.05, 3.63) is 94.5 Å². The topological polar surface area (TPSA) is 64.0 Å². The Morgan fingerprint density at radius 3 is 2.42 bits per heavy atom. The smallest absolute Gasteiger partial charge is 0.288 e. The molecule has 0 atom stereocenters. The fourth-order valence-corrected chi connectivity index (χ4v) is 3.87. The van der Waals surface area contributed by atoms with Crippen molar-refractivity contribution >= 4 is 34.3 Å². The average molecular weight is 437 g/mol. The van der Waals surface area contributed by atoms with Crippen LogP contribution in [0.2, 0.25) is 0 Å². The van der Waals surface area contributed by atoms with Crippen LogP contribution in [0.1, 0.15) is 16.2 Å². The molecule has 1 amide bonds. The summed E-state index contributed by atoms with van der Waals surface area (Å²) in [5.41, 5.74) is 1.65. The van der Waals surface area contributed by atoms with Crippen molar-refractivity contribution in [2.45, 2.75) is 17.6 Å². The molecule has 4 aromatic rings. The van der Waals surface area contributed by atoms with Gasteiger partial charge in [-0.15, -0.1) is 0 Å². The Bertz CT molecular complexity index is 1320. The highest BCUT2D eigenvalue weighted by Crippen LogP contribution is 2.31. The van der Waals surface area contributed by atoms with Crippen LogP contribution in [0.3, 0.4) is 0 Å². The molecule has 31 heavy (non-hydrogen) atoms. The number of hydrogen-bond donors (Lipinski definition) is 1. The normalized spacial score (nSPS) is 11.1. The van der Waals surface area contributed by atoms with Crippen LogP contribution < -0.4 is 10.9 Å². The van der Waals surface area contributed by atoms with Crippen molar-refractivity contribution in [2.24, 2.45) is 0 Å². The van der Waals surface area contributed by atoms with Gasteiger partial charge in [-0.2, -0.15) is 8.78 Å². The number of carbonyl (C=O) groups excluding carboxylic acids is 1. The van der Waals surface area contributed by atoms with Crippen molar-refractivity contribution < 1.29 is 13.6 Å². The van der Waals surface area contributed by atoms with Gasteiger partial charge in [0.1, 0.15) is 5.82 Å². The fourth-order valence-electron chi connectivity index (χ4n) is 3.27. The summed E-state index contributed by atoms with van der Waals surface area (Å²) in [7, 11) is 0. The van der Waals surface area contributed by atoms with Crippen LogP contribution in [-0.4, -0.2) is 21.2 Å². The lowest BCUT2D eigenvalue weighted by atomic mass is 10.1. The van der Waals surface area contributed by atoms with E-state index in [2.05, 4.69) is 10.3 Å². The largest absolute Gasteiger partial charge is 0.321 e. The number of aryl methyl sites for hydroxylation is 1. The predicted molar refractivity (Wildman–Crippen MR) is 118 cm³/mol. The minimum absolute atomic E-state index is 0.196. The van der Waals surface area contributed by atoms with Gasteiger partial charge in [0.25, 0.3) is 17.2 Å². The molecule has 1 N–H and O–H groups in total. The molecular weight excluding hydrogens is 420 g/mol. The lowest BCUT2D eigenvalue weighted by molar-refractivity contribution is 0.102. The predicted octanol–water partition coefficient (Wildman–Crippen LogP) is 5.26. The number of anilines is 1. The first-order valence-corrected chi connectivity index (χ1v) is 10.3. The highest BCUT2D eigenvalue weighted by molar-refractivity contribution is 7.99. The van der Waals surface area contributed by atoms with Crippen LogP contribution in [-0.2, 0) is 0 Å². The highest BCUT2D eigenvalue weighted by atomic mass is 32.2. The fraction of sp³-hybridized carbons (Fsp3) is 0.0870. The van der Waals surface area contributed by atoms with E-state index in [4.69, 9.17) is 0 Å². The monoisotopic (exact) mass is 437 g/mol. The molecule has 0 bridgehead atoms. The number of halogens is 2. The third-order valence-electron chi connectivity index (χ3n) is 4.68. The van der Waals surface area contributed by atoms with Gasteiger partial charge in [-0.1, -0.05) is 36.0 Å². The molecule has 3 aromatic carbocycles. The lowest BCUT2D eigenvalue weighted by Gasteiger charge is -2.12. The molecule has 0 aliphatic heterocycles. The summed E-state index contributed by atoms with van der Waals surface area (Å²) in [5, 5.41) is 3.17. The zero-order chi connectivity index (χ0) is 22.0. The molecular formula is C23H17F2N3O2S. The second kappa shape index (κ2) is 8.69. The zero-order valence-corrected chi connectivity index (χ0v) is 17.2. The number of hydrogen-bond acceptors (Lipinski definition) is 4. The number of amides is 1. The van der Waals surface area contributed by atoms with Crippen LogP contribution in [0, 0.1) is 6.92 Å². The Morgan fingerprint density at radius 2 is 1.68 bits per heavy atom. The SMILES string of the molecule is Cc1nc2ccccc2c(=O)n1-c1ccc(C(=O)Nc2ccccc2SC(F)F)cc1. The number of benzene rings is 3. The molecule has 0 fully saturated rings. The maximum absolute atomic E-state index is 12.9. The Kier molecular flexibility index (Phi) is 5.81. The van der Waals surface area contributed by atoms with Gasteiger partial charge in [0, 0.05) is 10.5 Å². The van der Waals surface area contributed by atoms with Crippen molar-refractivity contribution in [3.8, 4) is 5.69 Å². The van der Waals surface area contributed by atoms with E-state index in [1.807, 2.05) is 6.07 Å². The molecule has 0 aliphatic carbocycles. The maximum Gasteiger partial charge on any atom is 0.288 e. The van der Waals surface area contributed by atoms with Gasteiger partial charge in [0.15, 0.2) is 0 Å². The summed E-state index contributed by atoms with van der Waals surface area (Å²) >= 11 is 0.373. The molecule has 1 heterocycles. The number of nitrogens with zero attached hydrogens (tertiary/aromatic N) is 2. The van der Waals surface area contributed by atoms with E-state index >= 15 is 0 Å². The first-order chi connectivity index (χ1) is 14.9. The molecule has 1 aromatic heterocycles. The Balaban J connectivity index is 1.62. The number of alkyl halides is 2. The number of nitrogens with one attached hydrogen (secondary N) is 1. The van der Waals surface area contributed by atoms with E-state index in [-0.39, 0.29) is 10.5 Å². The van der Waals surface area contributed by atoms with Gasteiger partial charge in [-0.25, -0.2) is 4.98 Å². The summed E-state index contributed by atoms with van der Waals surface area (Å²) in [6.45, 7) is 1.74. The molecule has 0 saturated carbocycles. The minimum atomic E-state index is -2.59. The quantitative estimate of drug-likeness (QED) is 0.433. The summed E-state index contributed by atoms with van der Waals surface area (Å²) in [6, 6.07) is 20.0. The summed E-state index contributed by atoms with van der Waals surface area (Å²) in [5.74, 6) is -2.50. The number of aromatic nitrogens is 2. The maximum atomic E-state index is 12.9. The first kappa shape index (κ1) is 20.7. The van der Waals surface area contributed by atoms with E-state index < -0.39 is 11.7 Å². The van der Waals surface area contributed by atoms with Crippen LogP contribution >= 0.6 is 11.8 Å². The summed E-state index contributed by atoms with van der Waals surface area (Å²) in [6.07, 6.45) is 0. The number of thioether (sulfide) groups is 1. The van der Waals surface area contributed by atoms with Crippen LogP contribution in [0.15, 0.2) is 82.5 Å². The molecule has 0 radical (unpaired) electrons. The molecule has 0 spiro atoms. The van der Waals surface area contributed by atoms with E-state index in [0.29, 0.717) is 45.4 Å². The standard InChI is InChI=1S/C23H17F2N3O2S/c1-14-26-18-7-3-2-6-17(18)22(30)28(14)16-12-10-15(11-13-16)21(29)27-19-8-4-5-9-20(19)31-23(24)25/h2-13,23H,1H3,(H,27,29). The van der Waals surface area contributed by atoms with Crippen molar-refractivity contribution in [1.29, 1.82) is 0 Å². The summed E-state index contributed by atoms with van der Waals surface area (Å²) in [4.78, 5) is 30.3.